The van der Waals surface area contributed by atoms with Gasteiger partial charge >= 0.3 is 0 Å². The van der Waals surface area contributed by atoms with E-state index in [1.165, 1.54) is 31.0 Å². The lowest BCUT2D eigenvalue weighted by molar-refractivity contribution is 0.0934. The third-order valence-electron chi connectivity index (χ3n) is 3.42. The number of carbonyl (C=O) groups is 1. The average molecular weight is 393 g/mol. The van der Waals surface area contributed by atoms with E-state index < -0.39 is 0 Å². The third kappa shape index (κ3) is 4.02. The van der Waals surface area contributed by atoms with E-state index in [0.717, 1.165) is 19.3 Å². The summed E-state index contributed by atoms with van der Waals surface area (Å²) in [4.78, 5) is 12.5. The number of carbonyl (C=O) groups excluding carboxylic acids is 1. The zero-order chi connectivity index (χ0) is 13.8. The van der Waals surface area contributed by atoms with Gasteiger partial charge in [0.2, 0.25) is 0 Å². The summed E-state index contributed by atoms with van der Waals surface area (Å²) in [6.07, 6.45) is 5.62. The minimum Gasteiger partial charge on any atom is -0.348 e. The number of halogens is 3. The number of hydrogen-bond acceptors (Lipinski definition) is 1. The van der Waals surface area contributed by atoms with Crippen LogP contribution < -0.4 is 5.32 Å². The van der Waals surface area contributed by atoms with Gasteiger partial charge in [-0.2, -0.15) is 0 Å². The number of amides is 1. The molecule has 0 radical (unpaired) electrons. The molecule has 1 amide bonds. The molecule has 5 heteroatoms. The van der Waals surface area contributed by atoms with Crippen molar-refractivity contribution < 1.29 is 9.18 Å². The topological polar surface area (TPSA) is 29.1 Å². The van der Waals surface area contributed by atoms with Crippen molar-refractivity contribution in [3.63, 3.8) is 0 Å². The van der Waals surface area contributed by atoms with Crippen LogP contribution in [-0.2, 0) is 0 Å². The predicted octanol–water partition coefficient (Wildman–Crippen LogP) is 4.41. The Labute approximate surface area is 129 Å². The Morgan fingerprint density at radius 3 is 2.74 bits per heavy atom. The van der Waals surface area contributed by atoms with Gasteiger partial charge in [0, 0.05) is 15.3 Å². The number of nitrogens with one attached hydrogen (secondary N) is 1. The zero-order valence-corrected chi connectivity index (χ0v) is 13.6. The Bertz CT molecular complexity index is 467. The first kappa shape index (κ1) is 15.0. The van der Waals surface area contributed by atoms with Gasteiger partial charge < -0.3 is 5.32 Å². The fourth-order valence-electron chi connectivity index (χ4n) is 2.34. The van der Waals surface area contributed by atoms with E-state index in [2.05, 4.69) is 37.2 Å². The van der Waals surface area contributed by atoms with Gasteiger partial charge in [0.1, 0.15) is 5.82 Å². The van der Waals surface area contributed by atoms with Gasteiger partial charge in [-0.15, -0.1) is 0 Å². The summed E-state index contributed by atoms with van der Waals surface area (Å²) in [5, 5.41) is 3.05. The number of alkyl halides is 1. The molecule has 2 unspecified atom stereocenters. The van der Waals surface area contributed by atoms with Crippen molar-refractivity contribution in [2.75, 3.05) is 0 Å². The van der Waals surface area contributed by atoms with E-state index in [-0.39, 0.29) is 17.8 Å². The van der Waals surface area contributed by atoms with Gasteiger partial charge in [-0.3, -0.25) is 4.79 Å². The first-order chi connectivity index (χ1) is 9.08. The molecule has 2 nitrogen and oxygen atoms in total. The summed E-state index contributed by atoms with van der Waals surface area (Å²) >= 11 is 6.88. The monoisotopic (exact) mass is 391 g/mol. The Morgan fingerprint density at radius 2 is 2.00 bits per heavy atom. The Hall–Kier alpha value is -0.420. The van der Waals surface area contributed by atoms with Crippen LogP contribution in [0.1, 0.15) is 42.5 Å². The molecule has 1 aromatic carbocycles. The number of hydrogen-bond donors (Lipinski definition) is 1. The average Bonchev–Trinajstić information content (AvgIpc) is 2.55. The molecule has 19 heavy (non-hydrogen) atoms. The summed E-state index contributed by atoms with van der Waals surface area (Å²) in [5.41, 5.74) is 0.477. The zero-order valence-electron chi connectivity index (χ0n) is 10.5. The molecule has 104 valence electrons. The SMILES string of the molecule is O=C(NC1CCCCCC1Br)c1ccc(F)cc1Br. The van der Waals surface area contributed by atoms with E-state index in [1.807, 2.05) is 0 Å². The van der Waals surface area contributed by atoms with Crippen LogP contribution in [0.15, 0.2) is 22.7 Å². The Kier molecular flexibility index (Phi) is 5.39. The minimum atomic E-state index is -0.351. The molecule has 2 atom stereocenters. The molecule has 0 aliphatic heterocycles. The maximum Gasteiger partial charge on any atom is 0.252 e. The molecule has 0 heterocycles. The van der Waals surface area contributed by atoms with E-state index in [0.29, 0.717) is 14.9 Å². The van der Waals surface area contributed by atoms with Crippen molar-refractivity contribution in [3.05, 3.63) is 34.1 Å². The molecule has 0 bridgehead atoms. The molecule has 0 spiro atoms. The minimum absolute atomic E-state index is 0.145. The lowest BCUT2D eigenvalue weighted by atomic mass is 10.1. The fourth-order valence-corrected chi connectivity index (χ4v) is 3.60. The van der Waals surface area contributed by atoms with Crippen LogP contribution in [0.2, 0.25) is 0 Å². The Morgan fingerprint density at radius 1 is 1.26 bits per heavy atom. The van der Waals surface area contributed by atoms with Crippen molar-refractivity contribution in [2.45, 2.75) is 43.0 Å². The smallest absolute Gasteiger partial charge is 0.252 e. The van der Waals surface area contributed by atoms with Gasteiger partial charge in [-0.05, 0) is 47.0 Å². The molecular weight excluding hydrogens is 377 g/mol. The van der Waals surface area contributed by atoms with Crippen LogP contribution in [0.4, 0.5) is 4.39 Å². The van der Waals surface area contributed by atoms with E-state index in [4.69, 9.17) is 0 Å². The number of rotatable bonds is 2. The largest absolute Gasteiger partial charge is 0.348 e. The standard InChI is InChI=1S/C14H16Br2FNO/c15-11-4-2-1-3-5-13(11)18-14(19)10-7-6-9(17)8-12(10)16/h6-8,11,13H,1-5H2,(H,18,19). The summed E-state index contributed by atoms with van der Waals surface area (Å²) < 4.78 is 13.5. The highest BCUT2D eigenvalue weighted by atomic mass is 79.9. The van der Waals surface area contributed by atoms with Gasteiger partial charge in [0.25, 0.3) is 5.91 Å². The molecule has 1 aromatic rings. The summed E-state index contributed by atoms with van der Waals surface area (Å²) in [6.45, 7) is 0. The molecule has 1 aliphatic carbocycles. The lowest BCUT2D eigenvalue weighted by Crippen LogP contribution is -2.40. The molecule has 1 aliphatic rings. The van der Waals surface area contributed by atoms with E-state index >= 15 is 0 Å². The number of benzene rings is 1. The highest BCUT2D eigenvalue weighted by Crippen LogP contribution is 2.25. The fraction of sp³-hybridized carbons (Fsp3) is 0.500. The summed E-state index contributed by atoms with van der Waals surface area (Å²) in [5.74, 6) is -0.500. The second-order valence-electron chi connectivity index (χ2n) is 4.86. The van der Waals surface area contributed by atoms with Crippen molar-refractivity contribution in [2.24, 2.45) is 0 Å². The van der Waals surface area contributed by atoms with Crippen LogP contribution in [0.25, 0.3) is 0 Å². The molecule has 2 rings (SSSR count). The van der Waals surface area contributed by atoms with Crippen molar-refractivity contribution >= 4 is 37.8 Å². The second-order valence-corrected chi connectivity index (χ2v) is 6.89. The highest BCUT2D eigenvalue weighted by molar-refractivity contribution is 9.10. The third-order valence-corrected chi connectivity index (χ3v) is 5.18. The van der Waals surface area contributed by atoms with Crippen molar-refractivity contribution in [3.8, 4) is 0 Å². The van der Waals surface area contributed by atoms with Crippen molar-refractivity contribution in [1.29, 1.82) is 0 Å². The summed E-state index contributed by atoms with van der Waals surface area (Å²) in [7, 11) is 0. The molecule has 1 saturated carbocycles. The normalized spacial score (nSPS) is 23.7. The van der Waals surface area contributed by atoms with Crippen LogP contribution in [0.3, 0.4) is 0 Å². The first-order valence-electron chi connectivity index (χ1n) is 6.48. The van der Waals surface area contributed by atoms with Crippen LogP contribution in [-0.4, -0.2) is 16.8 Å². The second kappa shape index (κ2) is 6.84. The quantitative estimate of drug-likeness (QED) is 0.586. The molecule has 1 N–H and O–H groups in total. The molecule has 1 fully saturated rings. The molecule has 0 saturated heterocycles. The maximum atomic E-state index is 13.0. The maximum absolute atomic E-state index is 13.0. The predicted molar refractivity (Wildman–Crippen MR) is 81.2 cm³/mol. The van der Waals surface area contributed by atoms with Gasteiger partial charge in [-0.25, -0.2) is 4.39 Å². The van der Waals surface area contributed by atoms with Crippen molar-refractivity contribution in [1.82, 2.24) is 5.32 Å². The molecule has 0 aromatic heterocycles. The van der Waals surface area contributed by atoms with E-state index in [1.54, 1.807) is 0 Å². The van der Waals surface area contributed by atoms with Crippen LogP contribution in [0, 0.1) is 5.82 Å². The summed E-state index contributed by atoms with van der Waals surface area (Å²) in [6, 6.07) is 4.27. The van der Waals surface area contributed by atoms with Gasteiger partial charge in [-0.1, -0.05) is 35.2 Å². The van der Waals surface area contributed by atoms with Gasteiger partial charge in [0.15, 0.2) is 0 Å². The van der Waals surface area contributed by atoms with Gasteiger partial charge in [0.05, 0.1) is 5.56 Å². The first-order valence-corrected chi connectivity index (χ1v) is 8.19. The lowest BCUT2D eigenvalue weighted by Gasteiger charge is -2.21. The van der Waals surface area contributed by atoms with E-state index in [9.17, 15) is 9.18 Å². The van der Waals surface area contributed by atoms with Crippen LogP contribution in [0.5, 0.6) is 0 Å². The highest BCUT2D eigenvalue weighted by Gasteiger charge is 2.24. The van der Waals surface area contributed by atoms with Crippen LogP contribution >= 0.6 is 31.9 Å². The molecular formula is C14H16Br2FNO. The Balaban J connectivity index is 2.07.